The zero-order valence-corrected chi connectivity index (χ0v) is 9.47. The van der Waals surface area contributed by atoms with Gasteiger partial charge in [0.15, 0.2) is 0 Å². The molecular weight excluding hydrogens is 208 g/mol. The molecule has 88 valence electrons. The minimum absolute atomic E-state index is 0.0463. The molecule has 0 aliphatic carbocycles. The van der Waals surface area contributed by atoms with Crippen molar-refractivity contribution >= 4 is 5.97 Å². The molecule has 0 radical (unpaired) electrons. The predicted octanol–water partition coefficient (Wildman–Crippen LogP) is -0.000600. The average Bonchev–Trinajstić information content (AvgIpc) is 2.30. The van der Waals surface area contributed by atoms with E-state index in [9.17, 15) is 9.59 Å². The molecule has 1 unspecified atom stereocenters. The third-order valence-electron chi connectivity index (χ3n) is 2.26. The first-order valence-electron chi connectivity index (χ1n) is 5.12. The Labute approximate surface area is 94.0 Å². The molecule has 0 saturated heterocycles. The number of esters is 1. The number of ether oxygens (including phenoxy) is 1. The standard InChI is InChI=1S/C11H16N2O3/c1-9(11(15)16-2)12-6-8-13-7-4-3-5-10(13)14/h3-5,7,9,12H,6,8H2,1-2H3. The second kappa shape index (κ2) is 6.07. The first kappa shape index (κ1) is 12.4. The van der Waals surface area contributed by atoms with Gasteiger partial charge in [-0.25, -0.2) is 0 Å². The maximum absolute atomic E-state index is 11.3. The summed E-state index contributed by atoms with van der Waals surface area (Å²) in [6.45, 7) is 2.79. The third-order valence-corrected chi connectivity index (χ3v) is 2.26. The monoisotopic (exact) mass is 224 g/mol. The highest BCUT2D eigenvalue weighted by Gasteiger charge is 2.10. The Morgan fingerprint density at radius 3 is 2.94 bits per heavy atom. The van der Waals surface area contributed by atoms with Crippen LogP contribution in [0.4, 0.5) is 0 Å². The van der Waals surface area contributed by atoms with E-state index in [-0.39, 0.29) is 17.6 Å². The number of carbonyl (C=O) groups excluding carboxylic acids is 1. The fourth-order valence-electron chi connectivity index (χ4n) is 1.31. The second-order valence-electron chi connectivity index (χ2n) is 3.43. The van der Waals surface area contributed by atoms with Crippen molar-refractivity contribution in [2.45, 2.75) is 19.5 Å². The van der Waals surface area contributed by atoms with Crippen LogP contribution in [0.2, 0.25) is 0 Å². The summed E-state index contributed by atoms with van der Waals surface area (Å²) in [6.07, 6.45) is 1.72. The van der Waals surface area contributed by atoms with Crippen molar-refractivity contribution in [1.29, 1.82) is 0 Å². The molecule has 1 N–H and O–H groups in total. The highest BCUT2D eigenvalue weighted by molar-refractivity contribution is 5.74. The smallest absolute Gasteiger partial charge is 0.322 e. The van der Waals surface area contributed by atoms with Gasteiger partial charge in [0.25, 0.3) is 5.56 Å². The largest absolute Gasteiger partial charge is 0.468 e. The average molecular weight is 224 g/mol. The van der Waals surface area contributed by atoms with Crippen LogP contribution >= 0.6 is 0 Å². The van der Waals surface area contributed by atoms with E-state index in [4.69, 9.17) is 0 Å². The summed E-state index contributed by atoms with van der Waals surface area (Å²) in [6, 6.07) is 4.64. The molecular formula is C11H16N2O3. The van der Waals surface area contributed by atoms with Crippen molar-refractivity contribution in [1.82, 2.24) is 9.88 Å². The topological polar surface area (TPSA) is 60.3 Å². The molecule has 1 heterocycles. The summed E-state index contributed by atoms with van der Waals surface area (Å²) < 4.78 is 6.15. The maximum Gasteiger partial charge on any atom is 0.322 e. The van der Waals surface area contributed by atoms with Crippen molar-refractivity contribution in [3.63, 3.8) is 0 Å². The van der Waals surface area contributed by atoms with E-state index in [1.54, 1.807) is 29.8 Å². The van der Waals surface area contributed by atoms with Crippen LogP contribution in [0.25, 0.3) is 0 Å². The van der Waals surface area contributed by atoms with Crippen molar-refractivity contribution < 1.29 is 9.53 Å². The van der Waals surface area contributed by atoms with Gasteiger partial charge in [-0.1, -0.05) is 6.07 Å². The molecule has 0 aromatic carbocycles. The number of hydrogen-bond donors (Lipinski definition) is 1. The summed E-state index contributed by atoms with van der Waals surface area (Å²) in [7, 11) is 1.35. The first-order chi connectivity index (χ1) is 7.65. The van der Waals surface area contributed by atoms with E-state index in [0.717, 1.165) is 0 Å². The van der Waals surface area contributed by atoms with Gasteiger partial charge >= 0.3 is 5.97 Å². The van der Waals surface area contributed by atoms with E-state index in [2.05, 4.69) is 10.1 Å². The van der Waals surface area contributed by atoms with Crippen LogP contribution in [0, 0.1) is 0 Å². The second-order valence-corrected chi connectivity index (χ2v) is 3.43. The SMILES string of the molecule is COC(=O)C(C)NCCn1ccccc1=O. The molecule has 1 rings (SSSR count). The number of methoxy groups -OCH3 is 1. The van der Waals surface area contributed by atoms with Crippen LogP contribution in [-0.2, 0) is 16.1 Å². The molecule has 0 aliphatic heterocycles. The summed E-state index contributed by atoms with van der Waals surface area (Å²) >= 11 is 0. The van der Waals surface area contributed by atoms with E-state index in [0.29, 0.717) is 13.1 Å². The summed E-state index contributed by atoms with van der Waals surface area (Å²) in [5.74, 6) is -0.305. The van der Waals surface area contributed by atoms with Crippen LogP contribution in [0.15, 0.2) is 29.2 Å². The molecule has 0 aliphatic rings. The van der Waals surface area contributed by atoms with Gasteiger partial charge in [0.05, 0.1) is 7.11 Å². The maximum atomic E-state index is 11.3. The lowest BCUT2D eigenvalue weighted by molar-refractivity contribution is -0.142. The molecule has 1 aromatic rings. The molecule has 5 heteroatoms. The fraction of sp³-hybridized carbons (Fsp3) is 0.455. The molecule has 0 saturated carbocycles. The highest BCUT2D eigenvalue weighted by Crippen LogP contribution is 1.86. The van der Waals surface area contributed by atoms with Crippen molar-refractivity contribution in [3.8, 4) is 0 Å². The van der Waals surface area contributed by atoms with Gasteiger partial charge in [-0.05, 0) is 13.0 Å². The van der Waals surface area contributed by atoms with Gasteiger partial charge in [0.2, 0.25) is 0 Å². The third kappa shape index (κ3) is 3.51. The van der Waals surface area contributed by atoms with Gasteiger partial charge in [0, 0.05) is 25.4 Å². The highest BCUT2D eigenvalue weighted by atomic mass is 16.5. The normalized spacial score (nSPS) is 12.1. The zero-order valence-electron chi connectivity index (χ0n) is 9.47. The summed E-state index contributed by atoms with van der Waals surface area (Å²) in [5, 5.41) is 2.97. The summed E-state index contributed by atoms with van der Waals surface area (Å²) in [5.41, 5.74) is -0.0463. The Hall–Kier alpha value is -1.62. The molecule has 5 nitrogen and oxygen atoms in total. The number of pyridine rings is 1. The minimum Gasteiger partial charge on any atom is -0.468 e. The molecule has 0 amide bonds. The fourth-order valence-corrected chi connectivity index (χ4v) is 1.31. The van der Waals surface area contributed by atoms with Crippen molar-refractivity contribution in [2.24, 2.45) is 0 Å². The molecule has 0 bridgehead atoms. The zero-order chi connectivity index (χ0) is 12.0. The van der Waals surface area contributed by atoms with Crippen LogP contribution in [0.1, 0.15) is 6.92 Å². The Balaban J connectivity index is 2.39. The van der Waals surface area contributed by atoms with Gasteiger partial charge < -0.3 is 14.6 Å². The summed E-state index contributed by atoms with van der Waals surface area (Å²) in [4.78, 5) is 22.4. The number of rotatable bonds is 5. The van der Waals surface area contributed by atoms with Gasteiger partial charge in [-0.15, -0.1) is 0 Å². The lowest BCUT2D eigenvalue weighted by atomic mass is 10.3. The van der Waals surface area contributed by atoms with E-state index in [1.165, 1.54) is 13.2 Å². The van der Waals surface area contributed by atoms with Crippen LogP contribution in [0.5, 0.6) is 0 Å². The van der Waals surface area contributed by atoms with Crippen molar-refractivity contribution in [3.05, 3.63) is 34.7 Å². The minimum atomic E-state index is -0.357. The predicted molar refractivity (Wildman–Crippen MR) is 60.2 cm³/mol. The van der Waals surface area contributed by atoms with E-state index in [1.807, 2.05) is 0 Å². The number of hydrogen-bond acceptors (Lipinski definition) is 4. The molecule has 16 heavy (non-hydrogen) atoms. The van der Waals surface area contributed by atoms with Gasteiger partial charge in [-0.2, -0.15) is 0 Å². The molecule has 1 aromatic heterocycles. The number of nitrogens with one attached hydrogen (secondary N) is 1. The number of nitrogens with zero attached hydrogens (tertiary/aromatic N) is 1. The Bertz CT molecular complexity index is 400. The molecule has 1 atom stereocenters. The van der Waals surface area contributed by atoms with Gasteiger partial charge in [-0.3, -0.25) is 9.59 Å². The number of aromatic nitrogens is 1. The Kier molecular flexibility index (Phi) is 4.72. The Morgan fingerprint density at radius 1 is 1.56 bits per heavy atom. The quantitative estimate of drug-likeness (QED) is 0.715. The van der Waals surface area contributed by atoms with Crippen molar-refractivity contribution in [2.75, 3.05) is 13.7 Å². The van der Waals surface area contributed by atoms with Crippen LogP contribution in [-0.4, -0.2) is 30.2 Å². The molecule has 0 fully saturated rings. The van der Waals surface area contributed by atoms with E-state index >= 15 is 0 Å². The lowest BCUT2D eigenvalue weighted by Crippen LogP contribution is -2.37. The van der Waals surface area contributed by atoms with E-state index < -0.39 is 0 Å². The van der Waals surface area contributed by atoms with Crippen LogP contribution in [0.3, 0.4) is 0 Å². The lowest BCUT2D eigenvalue weighted by Gasteiger charge is -2.11. The van der Waals surface area contributed by atoms with Gasteiger partial charge in [0.1, 0.15) is 6.04 Å². The number of carbonyl (C=O) groups is 1. The first-order valence-corrected chi connectivity index (χ1v) is 5.12. The van der Waals surface area contributed by atoms with Crippen LogP contribution < -0.4 is 10.9 Å². The molecule has 0 spiro atoms. The Morgan fingerprint density at radius 2 is 2.31 bits per heavy atom.